The maximum absolute atomic E-state index is 2.30. The molecule has 0 nitrogen and oxygen atoms in total. The Balaban J connectivity index is 0.971. The molecule has 0 spiro atoms. The van der Waals surface area contributed by atoms with Crippen molar-refractivity contribution in [2.45, 2.75) is 11.8 Å². The molecule has 0 fully saturated rings. The van der Waals surface area contributed by atoms with Gasteiger partial charge in [0.1, 0.15) is 0 Å². The smallest absolute Gasteiger partial charge is 0.0340 e. The summed E-state index contributed by atoms with van der Waals surface area (Å²) in [6.07, 6.45) is 0. The van der Waals surface area contributed by atoms with E-state index >= 15 is 0 Å². The van der Waals surface area contributed by atoms with Crippen molar-refractivity contribution < 1.29 is 0 Å². The van der Waals surface area contributed by atoms with Crippen LogP contribution in [0.2, 0.25) is 0 Å². The zero-order valence-electron chi connectivity index (χ0n) is 31.2. The third-order valence-electron chi connectivity index (χ3n) is 11.0. The highest BCUT2D eigenvalue weighted by Crippen LogP contribution is 2.37. The average molecular weight is 715 g/mol. The molecule has 9 aromatic rings. The van der Waals surface area contributed by atoms with Crippen LogP contribution in [0.3, 0.4) is 0 Å². The third-order valence-corrected chi connectivity index (χ3v) is 11.0. The van der Waals surface area contributed by atoms with E-state index in [9.17, 15) is 0 Å². The van der Waals surface area contributed by atoms with Crippen molar-refractivity contribution in [2.24, 2.45) is 0 Å². The summed E-state index contributed by atoms with van der Waals surface area (Å²) in [6, 6.07) is 88.2. The van der Waals surface area contributed by atoms with Gasteiger partial charge in [-0.1, -0.05) is 243 Å². The third kappa shape index (κ3) is 7.51. The Kier molecular flexibility index (Phi) is 10.0. The zero-order valence-corrected chi connectivity index (χ0v) is 31.2. The molecule has 0 radical (unpaired) electrons. The van der Waals surface area contributed by atoms with Gasteiger partial charge < -0.3 is 0 Å². The molecule has 2 atom stereocenters. The minimum Gasteiger partial charge on any atom is -0.0622 e. The molecule has 56 heavy (non-hydrogen) atoms. The van der Waals surface area contributed by atoms with E-state index in [2.05, 4.69) is 243 Å². The molecule has 2 unspecified atom stereocenters. The summed E-state index contributed by atoms with van der Waals surface area (Å²) >= 11 is 0. The van der Waals surface area contributed by atoms with Crippen molar-refractivity contribution >= 4 is 0 Å². The first-order chi connectivity index (χ1) is 27.8. The summed E-state index contributed by atoms with van der Waals surface area (Å²) in [4.78, 5) is 0. The minimum atomic E-state index is 0.127. The normalized spacial score (nSPS) is 12.1. The fourth-order valence-electron chi connectivity index (χ4n) is 8.03. The maximum atomic E-state index is 2.30. The van der Waals surface area contributed by atoms with Gasteiger partial charge in [0.25, 0.3) is 0 Å². The van der Waals surface area contributed by atoms with E-state index in [-0.39, 0.29) is 11.8 Å². The summed E-state index contributed by atoms with van der Waals surface area (Å²) in [6.45, 7) is 0. The Morgan fingerprint density at radius 1 is 0.143 bits per heavy atom. The van der Waals surface area contributed by atoms with E-state index in [0.717, 1.165) is 0 Å². The van der Waals surface area contributed by atoms with E-state index < -0.39 is 0 Å². The topological polar surface area (TPSA) is 0 Å². The van der Waals surface area contributed by atoms with E-state index in [1.807, 2.05) is 0 Å². The molecule has 266 valence electrons. The predicted molar refractivity (Wildman–Crippen MR) is 236 cm³/mol. The lowest BCUT2D eigenvalue weighted by Crippen LogP contribution is -2.04. The van der Waals surface area contributed by atoms with Gasteiger partial charge in [-0.2, -0.15) is 0 Å². The summed E-state index contributed by atoms with van der Waals surface area (Å²) in [5.74, 6) is 0.270. The second-order valence-corrected chi connectivity index (χ2v) is 14.5. The van der Waals surface area contributed by atoms with E-state index in [4.69, 9.17) is 0 Å². The highest BCUT2D eigenvalue weighted by molar-refractivity contribution is 5.71. The van der Waals surface area contributed by atoms with Crippen molar-refractivity contribution in [1.82, 2.24) is 0 Å². The van der Waals surface area contributed by atoms with Crippen molar-refractivity contribution in [2.75, 3.05) is 0 Å². The molecular weight excluding hydrogens is 673 g/mol. The average Bonchev–Trinajstić information content (AvgIpc) is 3.29. The van der Waals surface area contributed by atoms with Crippen LogP contribution >= 0.6 is 0 Å². The van der Waals surface area contributed by atoms with Crippen LogP contribution in [0.4, 0.5) is 0 Å². The second kappa shape index (κ2) is 16.1. The Labute approximate surface area is 331 Å². The first kappa shape index (κ1) is 34.7. The number of hydrogen-bond acceptors (Lipinski definition) is 0. The molecule has 0 aliphatic rings. The molecule has 0 saturated heterocycles. The first-order valence-electron chi connectivity index (χ1n) is 19.5. The molecule has 0 amide bonds. The minimum absolute atomic E-state index is 0.127. The van der Waals surface area contributed by atoms with Gasteiger partial charge in [-0.15, -0.1) is 0 Å². The molecular formula is C56H42. The van der Waals surface area contributed by atoms with Gasteiger partial charge in [0.05, 0.1) is 0 Å². The van der Waals surface area contributed by atoms with Crippen LogP contribution in [0.25, 0.3) is 44.5 Å². The Morgan fingerprint density at radius 2 is 0.304 bits per heavy atom. The van der Waals surface area contributed by atoms with E-state index in [1.165, 1.54) is 77.9 Å². The largest absolute Gasteiger partial charge is 0.0622 e. The molecule has 9 aromatic carbocycles. The quantitative estimate of drug-likeness (QED) is 0.124. The zero-order chi connectivity index (χ0) is 37.5. The lowest BCUT2D eigenvalue weighted by Gasteiger charge is -2.21. The van der Waals surface area contributed by atoms with Crippen LogP contribution in [-0.4, -0.2) is 0 Å². The molecule has 0 aromatic heterocycles. The Bertz CT molecular complexity index is 2590. The van der Waals surface area contributed by atoms with Gasteiger partial charge in [0.2, 0.25) is 0 Å². The summed E-state index contributed by atoms with van der Waals surface area (Å²) in [5, 5.41) is 0. The number of hydrogen-bond donors (Lipinski definition) is 0. The van der Waals surface area contributed by atoms with Crippen LogP contribution in [-0.2, 0) is 0 Å². The summed E-state index contributed by atoms with van der Waals surface area (Å²) < 4.78 is 0. The number of rotatable bonds is 10. The van der Waals surface area contributed by atoms with Gasteiger partial charge in [-0.25, -0.2) is 0 Å². The lowest BCUT2D eigenvalue weighted by atomic mass is 9.83. The van der Waals surface area contributed by atoms with Gasteiger partial charge in [0, 0.05) is 11.8 Å². The predicted octanol–water partition coefficient (Wildman–Crippen LogP) is 14.7. The monoisotopic (exact) mass is 714 g/mol. The highest BCUT2D eigenvalue weighted by atomic mass is 14.2. The lowest BCUT2D eigenvalue weighted by molar-refractivity contribution is 0.976. The van der Waals surface area contributed by atoms with Crippen LogP contribution in [0.5, 0.6) is 0 Å². The Hall–Kier alpha value is -7.02. The van der Waals surface area contributed by atoms with E-state index in [0.29, 0.717) is 0 Å². The Morgan fingerprint density at radius 3 is 0.536 bits per heavy atom. The van der Waals surface area contributed by atoms with Crippen LogP contribution < -0.4 is 0 Å². The number of benzene rings is 9. The first-order valence-corrected chi connectivity index (χ1v) is 19.5. The van der Waals surface area contributed by atoms with Crippen LogP contribution in [0.1, 0.15) is 45.2 Å². The standard InChI is InChI=1S/C56H42/c1-5-13-41(14-6-1)43-21-23-45(24-22-43)46-27-35-52(36-28-46)56(50-19-11-4-12-20-50)54-39-31-48(32-40-54)47-29-37-53(38-30-47)55(49-17-9-3-10-18-49)51-33-25-44(26-34-51)42-15-7-2-8-16-42/h1-40,55-56H. The summed E-state index contributed by atoms with van der Waals surface area (Å²) in [7, 11) is 0. The SMILES string of the molecule is c1ccc(-c2ccc(-c3ccc(C(c4ccccc4)c4ccc(-c5ccc(C(c6ccccc6)c6ccc(-c7ccccc7)cc6)cc5)cc4)cc3)cc2)cc1. The van der Waals surface area contributed by atoms with Gasteiger partial charge in [-0.05, 0) is 77.9 Å². The molecule has 0 bridgehead atoms. The van der Waals surface area contributed by atoms with Crippen molar-refractivity contribution in [3.8, 4) is 44.5 Å². The van der Waals surface area contributed by atoms with Crippen molar-refractivity contribution in [3.05, 3.63) is 276 Å². The van der Waals surface area contributed by atoms with Crippen molar-refractivity contribution in [1.29, 1.82) is 0 Å². The molecule has 0 N–H and O–H groups in total. The maximum Gasteiger partial charge on any atom is 0.0340 e. The summed E-state index contributed by atoms with van der Waals surface area (Å²) in [5.41, 5.74) is 17.5. The van der Waals surface area contributed by atoms with Crippen LogP contribution in [0, 0.1) is 0 Å². The molecule has 0 aliphatic carbocycles. The molecule has 9 rings (SSSR count). The fourth-order valence-corrected chi connectivity index (χ4v) is 8.03. The van der Waals surface area contributed by atoms with Gasteiger partial charge in [-0.3, -0.25) is 0 Å². The van der Waals surface area contributed by atoms with Crippen molar-refractivity contribution in [3.63, 3.8) is 0 Å². The molecule has 0 aliphatic heterocycles. The fraction of sp³-hybridized carbons (Fsp3) is 0.0357. The van der Waals surface area contributed by atoms with Gasteiger partial charge >= 0.3 is 0 Å². The second-order valence-electron chi connectivity index (χ2n) is 14.5. The molecule has 0 saturated carbocycles. The van der Waals surface area contributed by atoms with Crippen LogP contribution in [0.15, 0.2) is 243 Å². The molecule has 0 heteroatoms. The van der Waals surface area contributed by atoms with Gasteiger partial charge in [0.15, 0.2) is 0 Å². The highest BCUT2D eigenvalue weighted by Gasteiger charge is 2.19. The van der Waals surface area contributed by atoms with E-state index in [1.54, 1.807) is 0 Å². The molecule has 0 heterocycles.